The molecule has 0 aromatic heterocycles. The van der Waals surface area contributed by atoms with Gasteiger partial charge < -0.3 is 20.5 Å². The van der Waals surface area contributed by atoms with E-state index in [2.05, 4.69) is 10.6 Å². The van der Waals surface area contributed by atoms with Crippen molar-refractivity contribution in [2.45, 2.75) is 18.9 Å². The molecule has 23 heavy (non-hydrogen) atoms. The van der Waals surface area contributed by atoms with Gasteiger partial charge in [0, 0.05) is 31.5 Å². The summed E-state index contributed by atoms with van der Waals surface area (Å²) in [6.45, 7) is 0.907. The molecule has 0 heterocycles. The van der Waals surface area contributed by atoms with Crippen molar-refractivity contribution >= 4 is 23.3 Å². The first-order chi connectivity index (χ1) is 10.9. The van der Waals surface area contributed by atoms with Crippen molar-refractivity contribution in [3.8, 4) is 0 Å². The van der Waals surface area contributed by atoms with E-state index in [1.165, 1.54) is 24.3 Å². The number of nitro benzene ring substituents is 1. The van der Waals surface area contributed by atoms with Gasteiger partial charge in [0.05, 0.1) is 11.3 Å². The Labute approximate surface area is 132 Å². The normalized spacial score (nSPS) is 11.7. The van der Waals surface area contributed by atoms with Gasteiger partial charge in [-0.3, -0.25) is 19.7 Å². The van der Waals surface area contributed by atoms with E-state index in [9.17, 15) is 19.7 Å². The Morgan fingerprint density at radius 3 is 2.52 bits per heavy atom. The number of rotatable bonds is 10. The molecule has 0 fully saturated rings. The first kappa shape index (κ1) is 18.5. The fraction of sp³-hybridized carbons (Fsp3) is 0.429. The van der Waals surface area contributed by atoms with E-state index in [0.717, 1.165) is 0 Å². The van der Waals surface area contributed by atoms with Crippen LogP contribution in [0.4, 0.5) is 11.4 Å². The largest absolute Gasteiger partial charge is 0.480 e. The minimum atomic E-state index is -1.12. The molecule has 0 spiro atoms. The molecule has 1 unspecified atom stereocenters. The Balaban J connectivity index is 2.51. The zero-order valence-corrected chi connectivity index (χ0v) is 12.7. The molecule has 126 valence electrons. The number of nitrogens with zero attached hydrogens (tertiary/aromatic N) is 1. The number of nitro groups is 1. The first-order valence-corrected chi connectivity index (χ1v) is 6.93. The highest BCUT2D eigenvalue weighted by molar-refractivity contribution is 5.94. The zero-order valence-electron chi connectivity index (χ0n) is 12.7. The van der Waals surface area contributed by atoms with Gasteiger partial charge in [-0.1, -0.05) is 0 Å². The molecule has 0 bridgehead atoms. The van der Waals surface area contributed by atoms with Gasteiger partial charge in [-0.05, 0) is 25.1 Å². The second-order valence-corrected chi connectivity index (χ2v) is 4.75. The summed E-state index contributed by atoms with van der Waals surface area (Å²) in [6.07, 6.45) is 0.379. The number of hydrogen-bond donors (Lipinski definition) is 3. The minimum Gasteiger partial charge on any atom is -0.480 e. The number of nitrogens with one attached hydrogen (secondary N) is 2. The number of anilines is 1. The SMILES string of the molecule is COCCCNC(CC(=O)Nc1ccc([N+](=O)[O-])cc1)C(=O)O. The number of carboxylic acids is 1. The highest BCUT2D eigenvalue weighted by Crippen LogP contribution is 2.15. The molecule has 3 N–H and O–H groups in total. The van der Waals surface area contributed by atoms with Gasteiger partial charge >= 0.3 is 5.97 Å². The number of aliphatic carboxylic acids is 1. The molecule has 0 aliphatic carbocycles. The number of carboxylic acid groups (broad SMARTS) is 1. The van der Waals surface area contributed by atoms with Crippen molar-refractivity contribution in [2.24, 2.45) is 0 Å². The monoisotopic (exact) mass is 325 g/mol. The fourth-order valence-electron chi connectivity index (χ4n) is 1.80. The molecule has 9 nitrogen and oxygen atoms in total. The van der Waals surface area contributed by atoms with Gasteiger partial charge in [0.25, 0.3) is 5.69 Å². The van der Waals surface area contributed by atoms with Crippen molar-refractivity contribution in [1.82, 2.24) is 5.32 Å². The second kappa shape index (κ2) is 9.49. The van der Waals surface area contributed by atoms with Crippen molar-refractivity contribution in [3.05, 3.63) is 34.4 Å². The average Bonchev–Trinajstić information content (AvgIpc) is 2.50. The maximum absolute atomic E-state index is 11.9. The maximum Gasteiger partial charge on any atom is 0.321 e. The minimum absolute atomic E-state index is 0.0915. The fourth-order valence-corrected chi connectivity index (χ4v) is 1.80. The summed E-state index contributed by atoms with van der Waals surface area (Å²) in [7, 11) is 1.55. The highest BCUT2D eigenvalue weighted by atomic mass is 16.6. The van der Waals surface area contributed by atoms with E-state index in [4.69, 9.17) is 9.84 Å². The third-order valence-corrected chi connectivity index (χ3v) is 2.97. The van der Waals surface area contributed by atoms with Crippen LogP contribution in [0.3, 0.4) is 0 Å². The van der Waals surface area contributed by atoms with Crippen LogP contribution in [0.25, 0.3) is 0 Å². The molecule has 1 aromatic carbocycles. The second-order valence-electron chi connectivity index (χ2n) is 4.75. The van der Waals surface area contributed by atoms with Crippen molar-refractivity contribution in [1.29, 1.82) is 0 Å². The predicted octanol–water partition coefficient (Wildman–Crippen LogP) is 1.00. The van der Waals surface area contributed by atoms with E-state index >= 15 is 0 Å². The van der Waals surface area contributed by atoms with Crippen LogP contribution >= 0.6 is 0 Å². The van der Waals surface area contributed by atoms with Crippen LogP contribution < -0.4 is 10.6 Å². The molecule has 0 aliphatic heterocycles. The Morgan fingerprint density at radius 1 is 1.35 bits per heavy atom. The molecule has 9 heteroatoms. The molecule has 0 radical (unpaired) electrons. The highest BCUT2D eigenvalue weighted by Gasteiger charge is 2.20. The number of methoxy groups -OCH3 is 1. The summed E-state index contributed by atoms with van der Waals surface area (Å²) < 4.78 is 4.86. The molecule has 1 atom stereocenters. The average molecular weight is 325 g/mol. The third-order valence-electron chi connectivity index (χ3n) is 2.97. The van der Waals surface area contributed by atoms with Gasteiger partial charge in [-0.25, -0.2) is 0 Å². The lowest BCUT2D eigenvalue weighted by Crippen LogP contribution is -2.40. The predicted molar refractivity (Wildman–Crippen MR) is 82.3 cm³/mol. The number of non-ortho nitro benzene ring substituents is 1. The Hall–Kier alpha value is -2.52. The van der Waals surface area contributed by atoms with Crippen LogP contribution in [0.2, 0.25) is 0 Å². The molecule has 0 aliphatic rings. The van der Waals surface area contributed by atoms with Crippen LogP contribution in [0, 0.1) is 10.1 Å². The van der Waals surface area contributed by atoms with Gasteiger partial charge in [0.1, 0.15) is 6.04 Å². The summed E-state index contributed by atoms with van der Waals surface area (Å²) in [5, 5.41) is 24.9. The summed E-state index contributed by atoms with van der Waals surface area (Å²) in [4.78, 5) is 33.0. The Bertz CT molecular complexity index is 546. The lowest BCUT2D eigenvalue weighted by molar-refractivity contribution is -0.384. The quantitative estimate of drug-likeness (QED) is 0.332. The molecule has 1 rings (SSSR count). The van der Waals surface area contributed by atoms with Gasteiger partial charge in [0.15, 0.2) is 0 Å². The van der Waals surface area contributed by atoms with Crippen molar-refractivity contribution < 1.29 is 24.4 Å². The smallest absolute Gasteiger partial charge is 0.321 e. The first-order valence-electron chi connectivity index (χ1n) is 6.93. The number of carbonyl (C=O) groups is 2. The zero-order chi connectivity index (χ0) is 17.2. The number of ether oxygens (including phenoxy) is 1. The van der Waals surface area contributed by atoms with E-state index in [-0.39, 0.29) is 12.1 Å². The van der Waals surface area contributed by atoms with E-state index in [1.807, 2.05) is 0 Å². The lowest BCUT2D eigenvalue weighted by atomic mass is 10.2. The molecular formula is C14H19N3O6. The topological polar surface area (TPSA) is 131 Å². The van der Waals surface area contributed by atoms with Crippen LogP contribution in [0.15, 0.2) is 24.3 Å². The number of benzene rings is 1. The van der Waals surface area contributed by atoms with Crippen LogP contribution in [0.1, 0.15) is 12.8 Å². The van der Waals surface area contributed by atoms with E-state index < -0.39 is 22.8 Å². The summed E-state index contributed by atoms with van der Waals surface area (Å²) >= 11 is 0. The summed E-state index contributed by atoms with van der Waals surface area (Å²) in [6, 6.07) is 4.28. The van der Waals surface area contributed by atoms with Gasteiger partial charge in [0.2, 0.25) is 5.91 Å². The lowest BCUT2D eigenvalue weighted by Gasteiger charge is -2.14. The molecular weight excluding hydrogens is 306 g/mol. The number of hydrogen-bond acceptors (Lipinski definition) is 6. The van der Waals surface area contributed by atoms with Crippen LogP contribution in [-0.4, -0.2) is 48.2 Å². The number of amides is 1. The summed E-state index contributed by atoms with van der Waals surface area (Å²) in [5.74, 6) is -1.62. The Morgan fingerprint density at radius 2 is 2.00 bits per heavy atom. The van der Waals surface area contributed by atoms with Crippen molar-refractivity contribution in [2.75, 3.05) is 25.6 Å². The Kier molecular flexibility index (Phi) is 7.64. The van der Waals surface area contributed by atoms with Crippen LogP contribution in [-0.2, 0) is 14.3 Å². The molecule has 0 saturated carbocycles. The van der Waals surface area contributed by atoms with Gasteiger partial charge in [-0.2, -0.15) is 0 Å². The van der Waals surface area contributed by atoms with Gasteiger partial charge in [-0.15, -0.1) is 0 Å². The van der Waals surface area contributed by atoms with Crippen molar-refractivity contribution in [3.63, 3.8) is 0 Å². The summed E-state index contributed by atoms with van der Waals surface area (Å²) in [5.41, 5.74) is 0.273. The standard InChI is InChI=1S/C14H19N3O6/c1-23-8-2-7-15-12(14(19)20)9-13(18)16-10-3-5-11(6-4-10)17(21)22/h3-6,12,15H,2,7-9H2,1H3,(H,16,18)(H,19,20). The molecule has 1 amide bonds. The third kappa shape index (κ3) is 6.85. The molecule has 1 aromatic rings. The van der Waals surface area contributed by atoms with E-state index in [0.29, 0.717) is 25.3 Å². The number of carbonyl (C=O) groups excluding carboxylic acids is 1. The maximum atomic E-state index is 11.9. The van der Waals surface area contributed by atoms with E-state index in [1.54, 1.807) is 7.11 Å². The van der Waals surface area contributed by atoms with Crippen LogP contribution in [0.5, 0.6) is 0 Å². The molecule has 0 saturated heterocycles.